The fourth-order valence-electron chi connectivity index (χ4n) is 2.09. The van der Waals surface area contributed by atoms with Gasteiger partial charge in [0.15, 0.2) is 0 Å². The van der Waals surface area contributed by atoms with Crippen molar-refractivity contribution >= 4 is 11.8 Å². The van der Waals surface area contributed by atoms with Gasteiger partial charge in [0.2, 0.25) is 0 Å². The van der Waals surface area contributed by atoms with Crippen molar-refractivity contribution < 1.29 is 0 Å². The number of aryl methyl sites for hydroxylation is 2. The van der Waals surface area contributed by atoms with E-state index in [0.29, 0.717) is 6.54 Å². The van der Waals surface area contributed by atoms with Gasteiger partial charge < -0.3 is 5.73 Å². The van der Waals surface area contributed by atoms with E-state index in [2.05, 4.69) is 56.3 Å². The molecule has 0 spiro atoms. The molecule has 0 radical (unpaired) electrons. The number of benzene rings is 2. The van der Waals surface area contributed by atoms with Crippen LogP contribution in [0.4, 0.5) is 0 Å². The van der Waals surface area contributed by atoms with E-state index in [1.807, 2.05) is 11.8 Å². The summed E-state index contributed by atoms with van der Waals surface area (Å²) in [6.45, 7) is 4.97. The second-order valence-electron chi connectivity index (χ2n) is 4.88. The minimum absolute atomic E-state index is 0.622. The number of nitrogens with two attached hydrogens (primary N) is 1. The molecule has 0 aliphatic rings. The Morgan fingerprint density at radius 2 is 1.58 bits per heavy atom. The van der Waals surface area contributed by atoms with Gasteiger partial charge in [-0.05, 0) is 41.7 Å². The van der Waals surface area contributed by atoms with Crippen molar-refractivity contribution in [2.24, 2.45) is 5.73 Å². The average Bonchev–Trinajstić information content (AvgIpc) is 2.42. The number of rotatable bonds is 5. The van der Waals surface area contributed by atoms with Gasteiger partial charge in [-0.2, -0.15) is 11.8 Å². The van der Waals surface area contributed by atoms with Crippen LogP contribution in [0.1, 0.15) is 27.8 Å². The molecule has 0 saturated heterocycles. The van der Waals surface area contributed by atoms with Crippen LogP contribution in [-0.2, 0) is 18.1 Å². The normalized spacial score (nSPS) is 10.7. The van der Waals surface area contributed by atoms with Crippen molar-refractivity contribution in [3.63, 3.8) is 0 Å². The summed E-state index contributed by atoms with van der Waals surface area (Å²) in [5.74, 6) is 2.13. The zero-order valence-corrected chi connectivity index (χ0v) is 12.5. The SMILES string of the molecule is Cc1ccccc1CSCc1ccc(CN)cc1C. The quantitative estimate of drug-likeness (QED) is 0.882. The Hall–Kier alpha value is -1.25. The first-order valence-corrected chi connectivity index (χ1v) is 7.77. The lowest BCUT2D eigenvalue weighted by molar-refractivity contribution is 1.06. The summed E-state index contributed by atoms with van der Waals surface area (Å²) in [6, 6.07) is 15.1. The summed E-state index contributed by atoms with van der Waals surface area (Å²) in [5, 5.41) is 0. The van der Waals surface area contributed by atoms with E-state index < -0.39 is 0 Å². The molecule has 0 aliphatic heterocycles. The Kier molecular flexibility index (Phi) is 5.06. The average molecular weight is 271 g/mol. The number of thioether (sulfide) groups is 1. The van der Waals surface area contributed by atoms with Crippen LogP contribution in [0.2, 0.25) is 0 Å². The van der Waals surface area contributed by atoms with Crippen LogP contribution in [0.25, 0.3) is 0 Å². The molecular weight excluding hydrogens is 250 g/mol. The van der Waals surface area contributed by atoms with Crippen molar-refractivity contribution in [3.05, 3.63) is 70.3 Å². The Morgan fingerprint density at radius 1 is 0.895 bits per heavy atom. The Bertz CT molecular complexity index is 549. The third-order valence-electron chi connectivity index (χ3n) is 3.42. The van der Waals surface area contributed by atoms with E-state index in [1.165, 1.54) is 27.8 Å². The van der Waals surface area contributed by atoms with Gasteiger partial charge in [0.25, 0.3) is 0 Å². The van der Waals surface area contributed by atoms with Gasteiger partial charge in [-0.15, -0.1) is 0 Å². The van der Waals surface area contributed by atoms with Gasteiger partial charge in [0, 0.05) is 18.1 Å². The van der Waals surface area contributed by atoms with Crippen LogP contribution >= 0.6 is 11.8 Å². The first-order valence-electron chi connectivity index (χ1n) is 6.61. The maximum absolute atomic E-state index is 5.66. The van der Waals surface area contributed by atoms with Gasteiger partial charge in [0.1, 0.15) is 0 Å². The van der Waals surface area contributed by atoms with E-state index in [1.54, 1.807) is 0 Å². The van der Waals surface area contributed by atoms with Crippen LogP contribution in [-0.4, -0.2) is 0 Å². The van der Waals surface area contributed by atoms with Crippen LogP contribution in [0.15, 0.2) is 42.5 Å². The largest absolute Gasteiger partial charge is 0.326 e. The molecule has 0 unspecified atom stereocenters. The highest BCUT2D eigenvalue weighted by molar-refractivity contribution is 7.97. The van der Waals surface area contributed by atoms with E-state index in [9.17, 15) is 0 Å². The van der Waals surface area contributed by atoms with E-state index in [0.717, 1.165) is 11.5 Å². The molecule has 0 saturated carbocycles. The monoisotopic (exact) mass is 271 g/mol. The second-order valence-corrected chi connectivity index (χ2v) is 5.87. The predicted molar refractivity (Wildman–Crippen MR) is 85.2 cm³/mol. The smallest absolute Gasteiger partial charge is 0.0190 e. The van der Waals surface area contributed by atoms with Crippen molar-refractivity contribution in [2.45, 2.75) is 31.9 Å². The predicted octanol–water partition coefficient (Wildman–Crippen LogP) is 4.20. The maximum atomic E-state index is 5.66. The standard InChI is InChI=1S/C17H21NS/c1-13-5-3-4-6-16(13)11-19-12-17-8-7-15(10-18)9-14(17)2/h3-9H,10-12,18H2,1-2H3. The molecule has 0 bridgehead atoms. The van der Waals surface area contributed by atoms with E-state index in [-0.39, 0.29) is 0 Å². The first kappa shape index (κ1) is 14.2. The van der Waals surface area contributed by atoms with Gasteiger partial charge in [-0.3, -0.25) is 0 Å². The highest BCUT2D eigenvalue weighted by Crippen LogP contribution is 2.22. The van der Waals surface area contributed by atoms with Crippen molar-refractivity contribution in [3.8, 4) is 0 Å². The molecule has 2 aromatic carbocycles. The summed E-state index contributed by atoms with van der Waals surface area (Å²) >= 11 is 1.97. The molecule has 0 heterocycles. The first-order chi connectivity index (χ1) is 9.20. The lowest BCUT2D eigenvalue weighted by atomic mass is 10.1. The van der Waals surface area contributed by atoms with Gasteiger partial charge >= 0.3 is 0 Å². The molecule has 1 nitrogen and oxygen atoms in total. The minimum Gasteiger partial charge on any atom is -0.326 e. The second kappa shape index (κ2) is 6.78. The topological polar surface area (TPSA) is 26.0 Å². The van der Waals surface area contributed by atoms with Crippen LogP contribution in [0.5, 0.6) is 0 Å². The molecule has 0 amide bonds. The summed E-state index contributed by atoms with van der Waals surface area (Å²) in [4.78, 5) is 0. The summed E-state index contributed by atoms with van der Waals surface area (Å²) < 4.78 is 0. The molecule has 0 fully saturated rings. The fraction of sp³-hybridized carbons (Fsp3) is 0.294. The molecular formula is C17H21NS. The highest BCUT2D eigenvalue weighted by atomic mass is 32.2. The molecule has 0 aromatic heterocycles. The molecule has 2 rings (SSSR count). The summed E-state index contributed by atoms with van der Waals surface area (Å²) in [5.41, 5.74) is 12.4. The van der Waals surface area contributed by atoms with E-state index >= 15 is 0 Å². The van der Waals surface area contributed by atoms with Gasteiger partial charge in [0.05, 0.1) is 0 Å². The molecule has 2 N–H and O–H groups in total. The van der Waals surface area contributed by atoms with Crippen LogP contribution in [0, 0.1) is 13.8 Å². The van der Waals surface area contributed by atoms with Gasteiger partial charge in [-0.25, -0.2) is 0 Å². The van der Waals surface area contributed by atoms with Crippen molar-refractivity contribution in [2.75, 3.05) is 0 Å². The lowest BCUT2D eigenvalue weighted by Crippen LogP contribution is -1.98. The molecule has 19 heavy (non-hydrogen) atoms. The summed E-state index contributed by atoms with van der Waals surface area (Å²) in [6.07, 6.45) is 0. The Labute approximate surface area is 120 Å². The Morgan fingerprint density at radius 3 is 2.21 bits per heavy atom. The van der Waals surface area contributed by atoms with Crippen LogP contribution < -0.4 is 5.73 Å². The fourth-order valence-corrected chi connectivity index (χ4v) is 3.28. The molecule has 2 aromatic rings. The van der Waals surface area contributed by atoms with Gasteiger partial charge in [-0.1, -0.05) is 42.5 Å². The third-order valence-corrected chi connectivity index (χ3v) is 4.45. The lowest BCUT2D eigenvalue weighted by Gasteiger charge is -2.09. The molecule has 0 aliphatic carbocycles. The number of hydrogen-bond acceptors (Lipinski definition) is 2. The summed E-state index contributed by atoms with van der Waals surface area (Å²) in [7, 11) is 0. The van der Waals surface area contributed by atoms with Crippen LogP contribution in [0.3, 0.4) is 0 Å². The Balaban J connectivity index is 1.94. The molecule has 0 atom stereocenters. The number of hydrogen-bond donors (Lipinski definition) is 1. The van der Waals surface area contributed by atoms with E-state index in [4.69, 9.17) is 5.73 Å². The molecule has 100 valence electrons. The highest BCUT2D eigenvalue weighted by Gasteiger charge is 2.02. The minimum atomic E-state index is 0.622. The van der Waals surface area contributed by atoms with Crippen molar-refractivity contribution in [1.29, 1.82) is 0 Å². The molecule has 2 heteroatoms. The van der Waals surface area contributed by atoms with Crippen molar-refractivity contribution in [1.82, 2.24) is 0 Å². The third kappa shape index (κ3) is 3.85. The zero-order valence-electron chi connectivity index (χ0n) is 11.6. The maximum Gasteiger partial charge on any atom is 0.0190 e. The zero-order chi connectivity index (χ0) is 13.7.